The molecule has 21 heavy (non-hydrogen) atoms. The molecule has 0 bridgehead atoms. The van der Waals surface area contributed by atoms with E-state index in [2.05, 4.69) is 56.9 Å². The summed E-state index contributed by atoms with van der Waals surface area (Å²) in [5.41, 5.74) is 1.54. The zero-order valence-corrected chi connectivity index (χ0v) is 14.8. The molecule has 1 aromatic rings. The van der Waals surface area contributed by atoms with Crippen molar-refractivity contribution in [2.45, 2.75) is 85.7 Å². The van der Waals surface area contributed by atoms with Crippen LogP contribution < -0.4 is 5.32 Å². The van der Waals surface area contributed by atoms with Gasteiger partial charge in [0.25, 0.3) is 0 Å². The predicted octanol–water partition coefficient (Wildman–Crippen LogP) is 4.94. The van der Waals surface area contributed by atoms with Gasteiger partial charge in [0.2, 0.25) is 0 Å². The maximum Gasteiger partial charge on any atom is 0.0762 e. The smallest absolute Gasteiger partial charge is 0.0762 e. The highest BCUT2D eigenvalue weighted by Gasteiger charge is 2.16. The fourth-order valence-electron chi connectivity index (χ4n) is 2.81. The molecular weight excluding hydrogens is 258 g/mol. The highest BCUT2D eigenvalue weighted by molar-refractivity contribution is 4.99. The molecule has 122 valence electrons. The molecule has 1 rings (SSSR count). The second-order valence-corrected chi connectivity index (χ2v) is 6.98. The lowest BCUT2D eigenvalue weighted by Gasteiger charge is -2.24. The van der Waals surface area contributed by atoms with Crippen molar-refractivity contribution >= 4 is 0 Å². The van der Waals surface area contributed by atoms with Crippen molar-refractivity contribution < 1.29 is 0 Å². The molecule has 0 saturated heterocycles. The fraction of sp³-hybridized carbons (Fsp3) is 0.833. The highest BCUT2D eigenvalue weighted by atomic mass is 15.3. The Hall–Kier alpha value is -0.830. The first-order chi connectivity index (χ1) is 10.0. The van der Waals surface area contributed by atoms with E-state index in [4.69, 9.17) is 5.10 Å². The summed E-state index contributed by atoms with van der Waals surface area (Å²) in [6.45, 7) is 13.4. The first kappa shape index (κ1) is 18.2. The van der Waals surface area contributed by atoms with Crippen molar-refractivity contribution in [1.29, 1.82) is 0 Å². The Morgan fingerprint density at radius 1 is 1.19 bits per heavy atom. The van der Waals surface area contributed by atoms with Gasteiger partial charge >= 0.3 is 0 Å². The van der Waals surface area contributed by atoms with Crippen LogP contribution in [-0.2, 0) is 6.54 Å². The van der Waals surface area contributed by atoms with Crippen molar-refractivity contribution in [3.63, 3.8) is 0 Å². The van der Waals surface area contributed by atoms with Crippen LogP contribution in [0, 0.1) is 5.41 Å². The molecule has 0 aliphatic rings. The molecule has 0 unspecified atom stereocenters. The maximum atomic E-state index is 4.70. The van der Waals surface area contributed by atoms with Crippen LogP contribution >= 0.6 is 0 Å². The summed E-state index contributed by atoms with van der Waals surface area (Å²) < 4.78 is 2.13. The summed E-state index contributed by atoms with van der Waals surface area (Å²) in [5.74, 6) is 0. The Kier molecular flexibility index (Phi) is 8.02. The Bertz CT molecular complexity index is 378. The SMILES string of the molecule is CCCCCC(C)(C)CNCc1ccn(C(CC)CC)n1. The fourth-order valence-corrected chi connectivity index (χ4v) is 2.81. The van der Waals surface area contributed by atoms with Gasteiger partial charge in [0.1, 0.15) is 0 Å². The quantitative estimate of drug-likeness (QED) is 0.586. The van der Waals surface area contributed by atoms with E-state index < -0.39 is 0 Å². The number of hydrogen-bond donors (Lipinski definition) is 1. The molecule has 1 N–H and O–H groups in total. The molecule has 0 amide bonds. The van der Waals surface area contributed by atoms with Gasteiger partial charge in [-0.05, 0) is 30.7 Å². The zero-order valence-electron chi connectivity index (χ0n) is 14.8. The molecular formula is C18H35N3. The molecule has 0 saturated carbocycles. The first-order valence-corrected chi connectivity index (χ1v) is 8.77. The van der Waals surface area contributed by atoms with E-state index in [0.29, 0.717) is 11.5 Å². The number of nitrogens with one attached hydrogen (secondary N) is 1. The molecule has 1 aromatic heterocycles. The maximum absolute atomic E-state index is 4.70. The van der Waals surface area contributed by atoms with Gasteiger partial charge in [-0.1, -0.05) is 53.9 Å². The molecule has 1 heterocycles. The van der Waals surface area contributed by atoms with Crippen LogP contribution in [0.2, 0.25) is 0 Å². The van der Waals surface area contributed by atoms with E-state index in [1.54, 1.807) is 0 Å². The van der Waals surface area contributed by atoms with Gasteiger partial charge in [0.05, 0.1) is 11.7 Å². The van der Waals surface area contributed by atoms with Crippen LogP contribution in [0.25, 0.3) is 0 Å². The van der Waals surface area contributed by atoms with Crippen molar-refractivity contribution in [2.75, 3.05) is 6.54 Å². The van der Waals surface area contributed by atoms with Crippen molar-refractivity contribution in [2.24, 2.45) is 5.41 Å². The van der Waals surface area contributed by atoms with E-state index in [0.717, 1.165) is 31.6 Å². The Labute approximate surface area is 131 Å². The predicted molar refractivity (Wildman–Crippen MR) is 91.5 cm³/mol. The topological polar surface area (TPSA) is 29.9 Å². The summed E-state index contributed by atoms with van der Waals surface area (Å²) in [5, 5.41) is 8.28. The molecule has 0 aliphatic carbocycles. The lowest BCUT2D eigenvalue weighted by atomic mass is 9.87. The van der Waals surface area contributed by atoms with Crippen molar-refractivity contribution in [1.82, 2.24) is 15.1 Å². The second kappa shape index (κ2) is 9.24. The van der Waals surface area contributed by atoms with E-state index >= 15 is 0 Å². The standard InChI is InChI=1S/C18H35N3/c1-6-9-10-12-18(4,5)15-19-14-16-11-13-21(20-16)17(7-2)8-3/h11,13,17,19H,6-10,12,14-15H2,1-5H3. The van der Waals surface area contributed by atoms with Crippen LogP contribution in [-0.4, -0.2) is 16.3 Å². The third-order valence-corrected chi connectivity index (χ3v) is 4.35. The van der Waals surface area contributed by atoms with E-state index in [1.807, 2.05) is 0 Å². The minimum atomic E-state index is 0.382. The van der Waals surface area contributed by atoms with Gasteiger partial charge < -0.3 is 5.32 Å². The first-order valence-electron chi connectivity index (χ1n) is 8.77. The zero-order chi connectivity index (χ0) is 15.7. The minimum absolute atomic E-state index is 0.382. The largest absolute Gasteiger partial charge is 0.311 e. The number of unbranched alkanes of at least 4 members (excludes halogenated alkanes) is 2. The van der Waals surface area contributed by atoms with Crippen LogP contribution in [0.1, 0.15) is 84.9 Å². The Morgan fingerprint density at radius 3 is 2.52 bits per heavy atom. The third-order valence-electron chi connectivity index (χ3n) is 4.35. The highest BCUT2D eigenvalue weighted by Crippen LogP contribution is 2.22. The van der Waals surface area contributed by atoms with Crippen molar-refractivity contribution in [3.8, 4) is 0 Å². The van der Waals surface area contributed by atoms with Gasteiger partial charge in [0, 0.05) is 19.3 Å². The molecule has 0 radical (unpaired) electrons. The van der Waals surface area contributed by atoms with E-state index in [9.17, 15) is 0 Å². The average Bonchev–Trinajstić information content (AvgIpc) is 2.89. The van der Waals surface area contributed by atoms with E-state index in [-0.39, 0.29) is 0 Å². The van der Waals surface area contributed by atoms with Crippen LogP contribution in [0.5, 0.6) is 0 Å². The summed E-state index contributed by atoms with van der Waals surface area (Å²) in [6, 6.07) is 2.69. The number of rotatable bonds is 11. The average molecular weight is 293 g/mol. The summed E-state index contributed by atoms with van der Waals surface area (Å²) in [6.07, 6.45) is 9.72. The van der Waals surface area contributed by atoms with Crippen LogP contribution in [0.4, 0.5) is 0 Å². The lowest BCUT2D eigenvalue weighted by Crippen LogP contribution is -2.29. The summed E-state index contributed by atoms with van der Waals surface area (Å²) in [4.78, 5) is 0. The molecule has 0 aromatic carbocycles. The van der Waals surface area contributed by atoms with Crippen LogP contribution in [0.3, 0.4) is 0 Å². The molecule has 0 atom stereocenters. The molecule has 3 nitrogen and oxygen atoms in total. The minimum Gasteiger partial charge on any atom is -0.311 e. The molecule has 0 spiro atoms. The normalized spacial score (nSPS) is 12.3. The third kappa shape index (κ3) is 6.64. The monoisotopic (exact) mass is 293 g/mol. The Morgan fingerprint density at radius 2 is 1.90 bits per heavy atom. The summed E-state index contributed by atoms with van der Waals surface area (Å²) in [7, 11) is 0. The Balaban J connectivity index is 2.35. The van der Waals surface area contributed by atoms with E-state index in [1.165, 1.54) is 25.7 Å². The second-order valence-electron chi connectivity index (χ2n) is 6.98. The van der Waals surface area contributed by atoms with Crippen LogP contribution in [0.15, 0.2) is 12.3 Å². The van der Waals surface area contributed by atoms with Gasteiger partial charge in [-0.25, -0.2) is 0 Å². The van der Waals surface area contributed by atoms with Gasteiger partial charge in [-0.15, -0.1) is 0 Å². The van der Waals surface area contributed by atoms with Gasteiger partial charge in [0.15, 0.2) is 0 Å². The lowest BCUT2D eigenvalue weighted by molar-refractivity contribution is 0.301. The van der Waals surface area contributed by atoms with Crippen molar-refractivity contribution in [3.05, 3.63) is 18.0 Å². The molecule has 3 heteroatoms. The summed E-state index contributed by atoms with van der Waals surface area (Å²) >= 11 is 0. The van der Waals surface area contributed by atoms with Gasteiger partial charge in [-0.3, -0.25) is 4.68 Å². The number of hydrogen-bond acceptors (Lipinski definition) is 2. The number of nitrogens with zero attached hydrogens (tertiary/aromatic N) is 2. The number of aromatic nitrogens is 2. The van der Waals surface area contributed by atoms with Gasteiger partial charge in [-0.2, -0.15) is 5.10 Å². The molecule has 0 aliphatic heterocycles. The molecule has 0 fully saturated rings.